The van der Waals surface area contributed by atoms with Crippen molar-refractivity contribution in [3.8, 4) is 0 Å². The number of anilines is 2. The first-order chi connectivity index (χ1) is 11.6. The fourth-order valence-corrected chi connectivity index (χ4v) is 2.91. The summed E-state index contributed by atoms with van der Waals surface area (Å²) in [6.07, 6.45) is 5.00. The van der Waals surface area contributed by atoms with E-state index in [9.17, 15) is 4.79 Å². The van der Waals surface area contributed by atoms with Gasteiger partial charge in [-0.05, 0) is 31.0 Å². The van der Waals surface area contributed by atoms with Crippen molar-refractivity contribution in [3.63, 3.8) is 0 Å². The molecule has 1 aromatic heterocycles. The van der Waals surface area contributed by atoms with E-state index in [0.717, 1.165) is 19.4 Å². The number of hydrogen-bond donors (Lipinski definition) is 2. The molecule has 1 aromatic carbocycles. The molecular formula is C16H16Cl2N4O2. The molecule has 2 heterocycles. The largest absolute Gasteiger partial charge is 0.376 e. The Labute approximate surface area is 149 Å². The average Bonchev–Trinajstić information content (AvgIpc) is 3.06. The fourth-order valence-electron chi connectivity index (χ4n) is 2.39. The minimum atomic E-state index is -0.268. The van der Waals surface area contributed by atoms with Crippen molar-refractivity contribution in [1.29, 1.82) is 0 Å². The summed E-state index contributed by atoms with van der Waals surface area (Å²) in [5, 5.41) is 6.87. The Balaban J connectivity index is 1.59. The molecule has 2 aromatic rings. The third-order valence-corrected chi connectivity index (χ3v) is 3.97. The molecule has 1 unspecified atom stereocenters. The molecule has 0 aliphatic carbocycles. The van der Waals surface area contributed by atoms with E-state index in [2.05, 4.69) is 20.6 Å². The highest BCUT2D eigenvalue weighted by Crippen LogP contribution is 2.24. The molecule has 1 aliphatic rings. The minimum absolute atomic E-state index is 0.0930. The molecule has 6 nitrogen and oxygen atoms in total. The van der Waals surface area contributed by atoms with Crippen molar-refractivity contribution in [2.45, 2.75) is 18.9 Å². The van der Waals surface area contributed by atoms with E-state index < -0.39 is 0 Å². The maximum absolute atomic E-state index is 12.0. The molecule has 2 N–H and O–H groups in total. The number of ether oxygens (including phenoxy) is 1. The quantitative estimate of drug-likeness (QED) is 0.847. The Morgan fingerprint density at radius 3 is 2.62 bits per heavy atom. The van der Waals surface area contributed by atoms with Gasteiger partial charge in [-0.2, -0.15) is 0 Å². The monoisotopic (exact) mass is 366 g/mol. The number of amides is 1. The zero-order valence-corrected chi connectivity index (χ0v) is 14.3. The standard InChI is InChI=1S/C16H16Cl2N4O2/c17-10-4-11(18)6-12(5-10)22-15-9-19-14(8-20-15)16(23)21-7-13-2-1-3-24-13/h4-6,8-9,13H,1-3,7H2,(H,20,22)(H,21,23). The van der Waals surface area contributed by atoms with Crippen LogP contribution in [0.2, 0.25) is 10.0 Å². The van der Waals surface area contributed by atoms with Gasteiger partial charge in [0.15, 0.2) is 0 Å². The summed E-state index contributed by atoms with van der Waals surface area (Å²) in [4.78, 5) is 20.3. The predicted molar refractivity (Wildman–Crippen MR) is 93.1 cm³/mol. The van der Waals surface area contributed by atoms with Crippen LogP contribution in [0.15, 0.2) is 30.6 Å². The summed E-state index contributed by atoms with van der Waals surface area (Å²) >= 11 is 11.9. The maximum atomic E-state index is 12.0. The highest BCUT2D eigenvalue weighted by molar-refractivity contribution is 6.35. The number of nitrogens with zero attached hydrogens (tertiary/aromatic N) is 2. The van der Waals surface area contributed by atoms with Gasteiger partial charge >= 0.3 is 0 Å². The van der Waals surface area contributed by atoms with Gasteiger partial charge < -0.3 is 15.4 Å². The van der Waals surface area contributed by atoms with Crippen LogP contribution in [-0.4, -0.2) is 35.1 Å². The second-order valence-electron chi connectivity index (χ2n) is 5.42. The molecular weight excluding hydrogens is 351 g/mol. The summed E-state index contributed by atoms with van der Waals surface area (Å²) in [5.41, 5.74) is 0.944. The fraction of sp³-hybridized carbons (Fsp3) is 0.312. The van der Waals surface area contributed by atoms with Gasteiger partial charge in [-0.25, -0.2) is 9.97 Å². The predicted octanol–water partition coefficient (Wildman–Crippen LogP) is 3.44. The summed E-state index contributed by atoms with van der Waals surface area (Å²) < 4.78 is 5.46. The molecule has 0 spiro atoms. The molecule has 1 amide bonds. The number of nitrogens with one attached hydrogen (secondary N) is 2. The van der Waals surface area contributed by atoms with Gasteiger partial charge in [-0.15, -0.1) is 0 Å². The summed E-state index contributed by atoms with van der Waals surface area (Å²) in [6.45, 7) is 1.25. The molecule has 1 saturated heterocycles. The maximum Gasteiger partial charge on any atom is 0.271 e. The Morgan fingerprint density at radius 2 is 2.00 bits per heavy atom. The lowest BCUT2D eigenvalue weighted by Gasteiger charge is -2.10. The van der Waals surface area contributed by atoms with Gasteiger partial charge in [0.1, 0.15) is 11.5 Å². The highest BCUT2D eigenvalue weighted by atomic mass is 35.5. The van der Waals surface area contributed by atoms with Crippen LogP contribution >= 0.6 is 23.2 Å². The smallest absolute Gasteiger partial charge is 0.271 e. The molecule has 1 fully saturated rings. The average molecular weight is 367 g/mol. The number of carbonyl (C=O) groups excluding carboxylic acids is 1. The van der Waals surface area contributed by atoms with E-state index in [4.69, 9.17) is 27.9 Å². The van der Waals surface area contributed by atoms with Crippen LogP contribution in [0.1, 0.15) is 23.3 Å². The Morgan fingerprint density at radius 1 is 1.21 bits per heavy atom. The van der Waals surface area contributed by atoms with Crippen LogP contribution in [0, 0.1) is 0 Å². The molecule has 126 valence electrons. The van der Waals surface area contributed by atoms with Gasteiger partial charge in [0.25, 0.3) is 5.91 Å². The minimum Gasteiger partial charge on any atom is -0.376 e. The van der Waals surface area contributed by atoms with Gasteiger partial charge in [0, 0.05) is 28.9 Å². The van der Waals surface area contributed by atoms with Gasteiger partial charge in [-0.1, -0.05) is 23.2 Å². The van der Waals surface area contributed by atoms with Crippen LogP contribution in [0.4, 0.5) is 11.5 Å². The number of hydrogen-bond acceptors (Lipinski definition) is 5. The number of halogens is 2. The van der Waals surface area contributed by atoms with Gasteiger partial charge in [0.2, 0.25) is 0 Å². The molecule has 24 heavy (non-hydrogen) atoms. The van der Waals surface area contributed by atoms with Crippen molar-refractivity contribution >= 4 is 40.6 Å². The number of benzene rings is 1. The van der Waals surface area contributed by atoms with Crippen LogP contribution in [-0.2, 0) is 4.74 Å². The SMILES string of the molecule is O=C(NCC1CCCO1)c1cnc(Nc2cc(Cl)cc(Cl)c2)cn1. The van der Waals surface area contributed by atoms with Crippen molar-refractivity contribution in [2.75, 3.05) is 18.5 Å². The van der Waals surface area contributed by atoms with Gasteiger partial charge in [-0.3, -0.25) is 4.79 Å². The van der Waals surface area contributed by atoms with E-state index in [-0.39, 0.29) is 17.7 Å². The van der Waals surface area contributed by atoms with Crippen molar-refractivity contribution in [2.24, 2.45) is 0 Å². The molecule has 0 bridgehead atoms. The van der Waals surface area contributed by atoms with Crippen molar-refractivity contribution < 1.29 is 9.53 Å². The number of aromatic nitrogens is 2. The van der Waals surface area contributed by atoms with E-state index in [0.29, 0.717) is 28.1 Å². The van der Waals surface area contributed by atoms with Crippen LogP contribution in [0.25, 0.3) is 0 Å². The normalized spacial score (nSPS) is 16.8. The summed E-state index contributed by atoms with van der Waals surface area (Å²) in [5.74, 6) is 0.222. The molecule has 3 rings (SSSR count). The van der Waals surface area contributed by atoms with E-state index in [1.54, 1.807) is 18.2 Å². The van der Waals surface area contributed by atoms with Crippen molar-refractivity contribution in [1.82, 2.24) is 15.3 Å². The first-order valence-electron chi connectivity index (χ1n) is 7.55. The molecule has 8 heteroatoms. The third kappa shape index (κ3) is 4.56. The summed E-state index contributed by atoms with van der Waals surface area (Å²) in [6, 6.07) is 5.08. The number of rotatable bonds is 5. The number of carbonyl (C=O) groups is 1. The van der Waals surface area contributed by atoms with E-state index >= 15 is 0 Å². The molecule has 0 saturated carbocycles. The lowest BCUT2D eigenvalue weighted by atomic mass is 10.2. The molecule has 0 radical (unpaired) electrons. The zero-order chi connectivity index (χ0) is 16.9. The van der Waals surface area contributed by atoms with E-state index in [1.165, 1.54) is 12.4 Å². The Kier molecular flexibility index (Phi) is 5.50. The lowest BCUT2D eigenvalue weighted by molar-refractivity contribution is 0.0853. The van der Waals surface area contributed by atoms with E-state index in [1.807, 2.05) is 0 Å². The highest BCUT2D eigenvalue weighted by Gasteiger charge is 2.17. The molecule has 1 atom stereocenters. The first kappa shape index (κ1) is 17.0. The topological polar surface area (TPSA) is 76.1 Å². The first-order valence-corrected chi connectivity index (χ1v) is 8.31. The Bertz CT molecular complexity index is 698. The van der Waals surface area contributed by atoms with Crippen molar-refractivity contribution in [3.05, 3.63) is 46.3 Å². The van der Waals surface area contributed by atoms with Gasteiger partial charge in [0.05, 0.1) is 18.5 Å². The van der Waals surface area contributed by atoms with Crippen LogP contribution in [0.5, 0.6) is 0 Å². The zero-order valence-electron chi connectivity index (χ0n) is 12.8. The molecule has 1 aliphatic heterocycles. The lowest BCUT2D eigenvalue weighted by Crippen LogP contribution is -2.32. The Hall–Kier alpha value is -1.89. The summed E-state index contributed by atoms with van der Waals surface area (Å²) in [7, 11) is 0. The van der Waals surface area contributed by atoms with Crippen LogP contribution < -0.4 is 10.6 Å². The third-order valence-electron chi connectivity index (χ3n) is 3.53. The second kappa shape index (κ2) is 7.79. The second-order valence-corrected chi connectivity index (χ2v) is 6.29. The van der Waals surface area contributed by atoms with Crippen LogP contribution in [0.3, 0.4) is 0 Å².